The maximum Gasteiger partial charge on any atom is 0.416 e. The topological polar surface area (TPSA) is 12.0 Å². The van der Waals surface area contributed by atoms with Crippen LogP contribution in [0.15, 0.2) is 24.3 Å². The third kappa shape index (κ3) is 3.48. The quantitative estimate of drug-likeness (QED) is 0.842. The van der Waals surface area contributed by atoms with Gasteiger partial charge in [0.2, 0.25) is 0 Å². The fraction of sp³-hybridized carbons (Fsp3) is 0.571. The van der Waals surface area contributed by atoms with Gasteiger partial charge in [0.05, 0.1) is 5.56 Å². The minimum absolute atomic E-state index is 0.0749. The molecule has 1 unspecified atom stereocenters. The first-order chi connectivity index (χ1) is 8.48. The lowest BCUT2D eigenvalue weighted by molar-refractivity contribution is -0.138. The third-order valence-corrected chi connectivity index (χ3v) is 3.38. The highest BCUT2D eigenvalue weighted by Crippen LogP contribution is 2.35. The Bertz CT molecular complexity index is 396. The average molecular weight is 257 g/mol. The van der Waals surface area contributed by atoms with Crippen LogP contribution in [0.3, 0.4) is 0 Å². The second kappa shape index (κ2) is 5.31. The lowest BCUT2D eigenvalue weighted by Gasteiger charge is -2.18. The van der Waals surface area contributed by atoms with E-state index in [-0.39, 0.29) is 5.92 Å². The van der Waals surface area contributed by atoms with Gasteiger partial charge >= 0.3 is 6.18 Å². The molecule has 4 heteroatoms. The van der Waals surface area contributed by atoms with Crippen LogP contribution in [0.4, 0.5) is 13.2 Å². The van der Waals surface area contributed by atoms with Crippen LogP contribution in [0.2, 0.25) is 0 Å². The Balaban J connectivity index is 2.01. The molecule has 0 aliphatic heterocycles. The first kappa shape index (κ1) is 13.4. The summed E-state index contributed by atoms with van der Waals surface area (Å²) < 4.78 is 38.6. The summed E-state index contributed by atoms with van der Waals surface area (Å²) >= 11 is 0. The Morgan fingerprint density at radius 3 is 2.56 bits per heavy atom. The van der Waals surface area contributed by atoms with Gasteiger partial charge in [-0.25, -0.2) is 0 Å². The smallest absolute Gasteiger partial charge is 0.314 e. The zero-order valence-electron chi connectivity index (χ0n) is 10.4. The van der Waals surface area contributed by atoms with E-state index in [9.17, 15) is 13.2 Å². The highest BCUT2D eigenvalue weighted by Gasteiger charge is 2.34. The van der Waals surface area contributed by atoms with Crippen LogP contribution < -0.4 is 5.32 Å². The SMILES string of the molecule is CC(CCNC1CC1)c1ccccc1C(F)(F)F. The average Bonchev–Trinajstić information content (AvgIpc) is 3.12. The highest BCUT2D eigenvalue weighted by atomic mass is 19.4. The van der Waals surface area contributed by atoms with Gasteiger partial charge in [0.1, 0.15) is 0 Å². The molecule has 0 radical (unpaired) electrons. The Morgan fingerprint density at radius 2 is 1.94 bits per heavy atom. The van der Waals surface area contributed by atoms with Gasteiger partial charge in [-0.05, 0) is 43.4 Å². The van der Waals surface area contributed by atoms with Crippen LogP contribution in [-0.2, 0) is 6.18 Å². The molecule has 0 heterocycles. The van der Waals surface area contributed by atoms with Gasteiger partial charge < -0.3 is 5.32 Å². The standard InChI is InChI=1S/C14H18F3N/c1-10(8-9-18-11-6-7-11)12-4-2-3-5-13(12)14(15,16)17/h2-5,10-11,18H,6-9H2,1H3. The monoisotopic (exact) mass is 257 g/mol. The molecule has 1 saturated carbocycles. The summed E-state index contributed by atoms with van der Waals surface area (Å²) in [5.41, 5.74) is -0.0912. The first-order valence-corrected chi connectivity index (χ1v) is 6.38. The minimum atomic E-state index is -4.26. The van der Waals surface area contributed by atoms with Crippen LogP contribution in [0.1, 0.15) is 43.2 Å². The Labute approximate surface area is 105 Å². The number of hydrogen-bond acceptors (Lipinski definition) is 1. The number of benzene rings is 1. The summed E-state index contributed by atoms with van der Waals surface area (Å²) in [6.45, 7) is 2.65. The second-order valence-electron chi connectivity index (χ2n) is 5.00. The lowest BCUT2D eigenvalue weighted by atomic mass is 9.93. The lowest BCUT2D eigenvalue weighted by Crippen LogP contribution is -2.20. The molecule has 1 nitrogen and oxygen atoms in total. The fourth-order valence-electron chi connectivity index (χ4n) is 2.13. The molecule has 1 aliphatic carbocycles. The van der Waals surface area contributed by atoms with E-state index >= 15 is 0 Å². The summed E-state index contributed by atoms with van der Waals surface area (Å²) in [5.74, 6) is -0.0749. The van der Waals surface area contributed by atoms with Gasteiger partial charge in [0.15, 0.2) is 0 Å². The van der Waals surface area contributed by atoms with Gasteiger partial charge in [-0.2, -0.15) is 13.2 Å². The molecule has 0 amide bonds. The van der Waals surface area contributed by atoms with Gasteiger partial charge in [-0.3, -0.25) is 0 Å². The normalized spacial score (nSPS) is 17.8. The molecule has 18 heavy (non-hydrogen) atoms. The maximum atomic E-state index is 12.9. The van der Waals surface area contributed by atoms with Crippen molar-refractivity contribution >= 4 is 0 Å². The molecule has 0 spiro atoms. The van der Waals surface area contributed by atoms with Crippen molar-refractivity contribution in [1.29, 1.82) is 0 Å². The van der Waals surface area contributed by atoms with Crippen LogP contribution in [-0.4, -0.2) is 12.6 Å². The third-order valence-electron chi connectivity index (χ3n) is 3.38. The van der Waals surface area contributed by atoms with E-state index in [2.05, 4.69) is 5.32 Å². The van der Waals surface area contributed by atoms with Crippen molar-refractivity contribution in [3.05, 3.63) is 35.4 Å². The van der Waals surface area contributed by atoms with Crippen molar-refractivity contribution in [2.24, 2.45) is 0 Å². The molecule has 1 N–H and O–H groups in total. The molecule has 0 aromatic heterocycles. The Morgan fingerprint density at radius 1 is 1.28 bits per heavy atom. The zero-order chi connectivity index (χ0) is 13.2. The van der Waals surface area contributed by atoms with Crippen LogP contribution in [0, 0.1) is 0 Å². The van der Waals surface area contributed by atoms with Gasteiger partial charge in [0, 0.05) is 6.04 Å². The molecule has 1 atom stereocenters. The molecule has 1 aromatic carbocycles. The van der Waals surface area contributed by atoms with Crippen molar-refractivity contribution < 1.29 is 13.2 Å². The molecular weight excluding hydrogens is 239 g/mol. The van der Waals surface area contributed by atoms with Crippen molar-refractivity contribution in [2.75, 3.05) is 6.54 Å². The maximum absolute atomic E-state index is 12.9. The predicted molar refractivity (Wildman–Crippen MR) is 65.5 cm³/mol. The molecule has 1 aromatic rings. The molecule has 100 valence electrons. The van der Waals surface area contributed by atoms with Gasteiger partial charge in [-0.15, -0.1) is 0 Å². The van der Waals surface area contributed by atoms with Crippen molar-refractivity contribution in [3.63, 3.8) is 0 Å². The molecule has 1 aliphatic rings. The highest BCUT2D eigenvalue weighted by molar-refractivity contribution is 5.32. The van der Waals surface area contributed by atoms with E-state index in [0.29, 0.717) is 11.6 Å². The number of hydrogen-bond donors (Lipinski definition) is 1. The molecule has 0 saturated heterocycles. The number of alkyl halides is 3. The molecule has 1 fully saturated rings. The van der Waals surface area contributed by atoms with Crippen LogP contribution >= 0.6 is 0 Å². The van der Waals surface area contributed by atoms with E-state index in [4.69, 9.17) is 0 Å². The number of halogens is 3. The first-order valence-electron chi connectivity index (χ1n) is 6.38. The van der Waals surface area contributed by atoms with Crippen molar-refractivity contribution in [2.45, 2.75) is 44.3 Å². The second-order valence-corrected chi connectivity index (χ2v) is 5.00. The fourth-order valence-corrected chi connectivity index (χ4v) is 2.13. The van der Waals surface area contributed by atoms with Crippen LogP contribution in [0.25, 0.3) is 0 Å². The van der Waals surface area contributed by atoms with E-state index in [1.807, 2.05) is 6.92 Å². The Kier molecular flexibility index (Phi) is 3.95. The molecule has 2 rings (SSSR count). The van der Waals surface area contributed by atoms with Crippen molar-refractivity contribution in [1.82, 2.24) is 5.32 Å². The predicted octanol–water partition coefficient (Wildman–Crippen LogP) is 3.95. The van der Waals surface area contributed by atoms with E-state index in [0.717, 1.165) is 13.0 Å². The van der Waals surface area contributed by atoms with E-state index < -0.39 is 11.7 Å². The van der Waals surface area contributed by atoms with Crippen molar-refractivity contribution in [3.8, 4) is 0 Å². The summed E-state index contributed by atoms with van der Waals surface area (Å²) in [4.78, 5) is 0. The zero-order valence-corrected chi connectivity index (χ0v) is 10.4. The summed E-state index contributed by atoms with van der Waals surface area (Å²) in [5, 5.41) is 3.33. The molecule has 0 bridgehead atoms. The Hall–Kier alpha value is -1.03. The van der Waals surface area contributed by atoms with E-state index in [1.54, 1.807) is 12.1 Å². The number of nitrogens with one attached hydrogen (secondary N) is 1. The summed E-state index contributed by atoms with van der Waals surface area (Å²) in [6.07, 6.45) is -1.11. The number of rotatable bonds is 5. The van der Waals surface area contributed by atoms with Crippen LogP contribution in [0.5, 0.6) is 0 Å². The summed E-state index contributed by atoms with van der Waals surface area (Å²) in [6, 6.07) is 6.48. The van der Waals surface area contributed by atoms with Gasteiger partial charge in [-0.1, -0.05) is 25.1 Å². The van der Waals surface area contributed by atoms with E-state index in [1.165, 1.54) is 25.0 Å². The molecular formula is C14H18F3N. The largest absolute Gasteiger partial charge is 0.416 e. The summed E-state index contributed by atoms with van der Waals surface area (Å²) in [7, 11) is 0. The minimum Gasteiger partial charge on any atom is -0.314 e. The van der Waals surface area contributed by atoms with Gasteiger partial charge in [0.25, 0.3) is 0 Å².